The van der Waals surface area contributed by atoms with E-state index in [9.17, 15) is 0 Å². The summed E-state index contributed by atoms with van der Waals surface area (Å²) in [5.74, 6) is 0.994. The lowest BCUT2D eigenvalue weighted by molar-refractivity contribution is 0.0600. The molecule has 2 heteroatoms. The standard InChI is InChI=1S/C19H39NO/c1-5-7-8-18-9-11-19(12-10-18,16-20-17(3)4)13-15-21-14-6-2/h17-18,20H,5-16H2,1-4H3. The smallest absolute Gasteiger partial charge is 0.0471 e. The fourth-order valence-corrected chi connectivity index (χ4v) is 3.54. The average Bonchev–Trinajstić information content (AvgIpc) is 2.49. The molecule has 0 heterocycles. The maximum Gasteiger partial charge on any atom is 0.0471 e. The molecule has 0 spiro atoms. The normalized spacial score (nSPS) is 26.4. The average molecular weight is 298 g/mol. The van der Waals surface area contributed by atoms with Gasteiger partial charge in [0.2, 0.25) is 0 Å². The molecule has 0 atom stereocenters. The molecule has 2 nitrogen and oxygen atoms in total. The summed E-state index contributed by atoms with van der Waals surface area (Å²) < 4.78 is 5.78. The van der Waals surface area contributed by atoms with Crippen LogP contribution in [0.15, 0.2) is 0 Å². The van der Waals surface area contributed by atoms with Crippen LogP contribution in [0.4, 0.5) is 0 Å². The highest BCUT2D eigenvalue weighted by molar-refractivity contribution is 4.88. The molecule has 1 aliphatic rings. The van der Waals surface area contributed by atoms with Crippen molar-refractivity contribution in [1.29, 1.82) is 0 Å². The summed E-state index contributed by atoms with van der Waals surface area (Å²) in [5.41, 5.74) is 0.501. The van der Waals surface area contributed by atoms with E-state index in [1.807, 2.05) is 0 Å². The molecule has 0 aliphatic heterocycles. The summed E-state index contributed by atoms with van der Waals surface area (Å²) in [6.07, 6.45) is 12.3. The summed E-state index contributed by atoms with van der Waals surface area (Å²) in [7, 11) is 0. The molecule has 1 rings (SSSR count). The van der Waals surface area contributed by atoms with Gasteiger partial charge in [0.15, 0.2) is 0 Å². The van der Waals surface area contributed by atoms with Crippen LogP contribution in [-0.2, 0) is 4.74 Å². The quantitative estimate of drug-likeness (QED) is 0.531. The molecule has 0 bridgehead atoms. The Morgan fingerprint density at radius 2 is 1.81 bits per heavy atom. The summed E-state index contributed by atoms with van der Waals surface area (Å²) >= 11 is 0. The Balaban J connectivity index is 2.42. The van der Waals surface area contributed by atoms with Crippen LogP contribution in [0.5, 0.6) is 0 Å². The zero-order valence-electron chi connectivity index (χ0n) is 15.0. The van der Waals surface area contributed by atoms with Crippen LogP contribution in [0.1, 0.15) is 85.5 Å². The van der Waals surface area contributed by atoms with Gasteiger partial charge in [-0.25, -0.2) is 0 Å². The summed E-state index contributed by atoms with van der Waals surface area (Å²) in [6, 6.07) is 0.594. The summed E-state index contributed by atoms with van der Waals surface area (Å²) in [6.45, 7) is 12.1. The van der Waals surface area contributed by atoms with Gasteiger partial charge in [0.05, 0.1) is 0 Å². The van der Waals surface area contributed by atoms with Gasteiger partial charge in [-0.1, -0.05) is 47.0 Å². The zero-order valence-corrected chi connectivity index (χ0v) is 15.0. The van der Waals surface area contributed by atoms with Gasteiger partial charge in [-0.05, 0) is 49.9 Å². The molecule has 0 amide bonds. The van der Waals surface area contributed by atoms with E-state index in [4.69, 9.17) is 4.74 Å². The van der Waals surface area contributed by atoms with Crippen molar-refractivity contribution < 1.29 is 4.74 Å². The second-order valence-electron chi connectivity index (χ2n) is 7.48. The SMILES string of the molecule is CCCCC1CCC(CCOCCC)(CNC(C)C)CC1. The minimum atomic E-state index is 0.501. The van der Waals surface area contributed by atoms with Crippen molar-refractivity contribution in [3.05, 3.63) is 0 Å². The first-order chi connectivity index (χ1) is 10.1. The van der Waals surface area contributed by atoms with Gasteiger partial charge in [0.1, 0.15) is 0 Å². The van der Waals surface area contributed by atoms with E-state index in [0.29, 0.717) is 11.5 Å². The molecule has 1 aliphatic carbocycles. The van der Waals surface area contributed by atoms with Crippen LogP contribution < -0.4 is 5.32 Å². The Bertz CT molecular complexity index is 244. The zero-order chi connectivity index (χ0) is 15.6. The Labute approximate surface area is 133 Å². The molecular formula is C19H39NO. The second kappa shape index (κ2) is 10.6. The highest BCUT2D eigenvalue weighted by Crippen LogP contribution is 2.42. The van der Waals surface area contributed by atoms with Gasteiger partial charge < -0.3 is 10.1 Å². The molecule has 0 unspecified atom stereocenters. The fraction of sp³-hybridized carbons (Fsp3) is 1.00. The summed E-state index contributed by atoms with van der Waals surface area (Å²) in [4.78, 5) is 0. The van der Waals surface area contributed by atoms with Crippen molar-refractivity contribution >= 4 is 0 Å². The highest BCUT2D eigenvalue weighted by atomic mass is 16.5. The van der Waals surface area contributed by atoms with Crippen molar-refractivity contribution in [3.8, 4) is 0 Å². The largest absolute Gasteiger partial charge is 0.381 e. The number of unbranched alkanes of at least 4 members (excludes halogenated alkanes) is 1. The topological polar surface area (TPSA) is 21.3 Å². The van der Waals surface area contributed by atoms with Gasteiger partial charge in [0, 0.05) is 25.8 Å². The molecular weight excluding hydrogens is 258 g/mol. The predicted octanol–water partition coefficient (Wildman–Crippen LogP) is 5.17. The van der Waals surface area contributed by atoms with E-state index >= 15 is 0 Å². The maximum atomic E-state index is 5.78. The third kappa shape index (κ3) is 7.65. The van der Waals surface area contributed by atoms with Crippen LogP contribution in [-0.4, -0.2) is 25.8 Å². The van der Waals surface area contributed by atoms with E-state index in [2.05, 4.69) is 33.0 Å². The van der Waals surface area contributed by atoms with Gasteiger partial charge in [-0.15, -0.1) is 0 Å². The van der Waals surface area contributed by atoms with E-state index in [1.165, 1.54) is 57.9 Å². The molecule has 0 aromatic rings. The minimum absolute atomic E-state index is 0.501. The molecule has 1 fully saturated rings. The molecule has 1 saturated carbocycles. The van der Waals surface area contributed by atoms with Crippen LogP contribution >= 0.6 is 0 Å². The number of rotatable bonds is 11. The van der Waals surface area contributed by atoms with E-state index in [0.717, 1.165) is 25.6 Å². The Morgan fingerprint density at radius 3 is 2.38 bits per heavy atom. The minimum Gasteiger partial charge on any atom is -0.381 e. The van der Waals surface area contributed by atoms with Gasteiger partial charge in [-0.2, -0.15) is 0 Å². The monoisotopic (exact) mass is 297 g/mol. The van der Waals surface area contributed by atoms with E-state index in [-0.39, 0.29) is 0 Å². The molecule has 0 aromatic heterocycles. The Kier molecular flexibility index (Phi) is 9.59. The second-order valence-corrected chi connectivity index (χ2v) is 7.48. The van der Waals surface area contributed by atoms with Crippen LogP contribution in [0, 0.1) is 11.3 Å². The fourth-order valence-electron chi connectivity index (χ4n) is 3.54. The number of ether oxygens (including phenoxy) is 1. The Morgan fingerprint density at radius 1 is 1.10 bits per heavy atom. The van der Waals surface area contributed by atoms with Gasteiger partial charge >= 0.3 is 0 Å². The lowest BCUT2D eigenvalue weighted by Gasteiger charge is -2.41. The van der Waals surface area contributed by atoms with Crippen molar-refractivity contribution in [1.82, 2.24) is 5.32 Å². The van der Waals surface area contributed by atoms with Gasteiger partial charge in [0.25, 0.3) is 0 Å². The van der Waals surface area contributed by atoms with Crippen LogP contribution in [0.3, 0.4) is 0 Å². The molecule has 126 valence electrons. The number of hydrogen-bond donors (Lipinski definition) is 1. The predicted molar refractivity (Wildman–Crippen MR) is 92.8 cm³/mol. The first-order valence-electron chi connectivity index (χ1n) is 9.43. The van der Waals surface area contributed by atoms with Crippen molar-refractivity contribution in [2.75, 3.05) is 19.8 Å². The van der Waals surface area contributed by atoms with Crippen molar-refractivity contribution in [2.45, 2.75) is 91.5 Å². The van der Waals surface area contributed by atoms with Crippen LogP contribution in [0.2, 0.25) is 0 Å². The molecule has 0 saturated heterocycles. The molecule has 21 heavy (non-hydrogen) atoms. The third-order valence-corrected chi connectivity index (χ3v) is 5.14. The molecule has 0 radical (unpaired) electrons. The Hall–Kier alpha value is -0.0800. The van der Waals surface area contributed by atoms with Crippen molar-refractivity contribution in [3.63, 3.8) is 0 Å². The maximum absolute atomic E-state index is 5.78. The summed E-state index contributed by atoms with van der Waals surface area (Å²) in [5, 5.41) is 3.70. The first kappa shape index (κ1) is 19.0. The lowest BCUT2D eigenvalue weighted by atomic mass is 9.67. The van der Waals surface area contributed by atoms with Crippen molar-refractivity contribution in [2.24, 2.45) is 11.3 Å². The lowest BCUT2D eigenvalue weighted by Crippen LogP contribution is -2.41. The van der Waals surface area contributed by atoms with Crippen LogP contribution in [0.25, 0.3) is 0 Å². The first-order valence-corrected chi connectivity index (χ1v) is 9.43. The van der Waals surface area contributed by atoms with Gasteiger partial charge in [-0.3, -0.25) is 0 Å². The van der Waals surface area contributed by atoms with E-state index in [1.54, 1.807) is 0 Å². The molecule has 0 aromatic carbocycles. The van der Waals surface area contributed by atoms with E-state index < -0.39 is 0 Å². The third-order valence-electron chi connectivity index (χ3n) is 5.14. The number of nitrogens with one attached hydrogen (secondary N) is 1. The molecule has 1 N–H and O–H groups in total. The highest BCUT2D eigenvalue weighted by Gasteiger charge is 2.34. The number of hydrogen-bond acceptors (Lipinski definition) is 2.